The van der Waals surface area contributed by atoms with Gasteiger partial charge in [-0.25, -0.2) is 0 Å². The van der Waals surface area contributed by atoms with Gasteiger partial charge >= 0.3 is 0 Å². The number of aromatic nitrogens is 1. The fourth-order valence-corrected chi connectivity index (χ4v) is 2.23. The second kappa shape index (κ2) is 7.05. The summed E-state index contributed by atoms with van der Waals surface area (Å²) < 4.78 is 0. The van der Waals surface area contributed by atoms with Crippen molar-refractivity contribution in [3.8, 4) is 0 Å². The number of anilines is 1. The summed E-state index contributed by atoms with van der Waals surface area (Å²) in [6.07, 6.45) is 1.47. The van der Waals surface area contributed by atoms with Crippen LogP contribution in [0, 0.1) is 13.8 Å². The monoisotopic (exact) mass is 311 g/mol. The minimum absolute atomic E-state index is 0.0301. The van der Waals surface area contributed by atoms with E-state index >= 15 is 0 Å². The third-order valence-corrected chi connectivity index (χ3v) is 3.39. The van der Waals surface area contributed by atoms with Crippen LogP contribution < -0.4 is 10.6 Å². The lowest BCUT2D eigenvalue weighted by molar-refractivity contribution is 0.0943. The molecule has 0 saturated carbocycles. The molecule has 0 aliphatic carbocycles. The van der Waals surface area contributed by atoms with E-state index in [9.17, 15) is 9.59 Å². The summed E-state index contributed by atoms with van der Waals surface area (Å²) in [5, 5.41) is 5.66. The highest BCUT2D eigenvalue weighted by Gasteiger charge is 2.14. The van der Waals surface area contributed by atoms with E-state index in [2.05, 4.69) is 15.6 Å². The maximum Gasteiger partial charge on any atom is 0.274 e. The SMILES string of the molecule is Cc1cccc(C)c1NC(=O)c1cc(C(=O)NC(C)C)ccn1. The highest BCUT2D eigenvalue weighted by Crippen LogP contribution is 2.20. The van der Waals surface area contributed by atoms with Gasteiger partial charge in [-0.3, -0.25) is 14.6 Å². The molecule has 0 spiro atoms. The molecule has 1 heterocycles. The Balaban J connectivity index is 2.22. The van der Waals surface area contributed by atoms with Gasteiger partial charge < -0.3 is 10.6 Å². The van der Waals surface area contributed by atoms with Crippen LogP contribution in [0.4, 0.5) is 5.69 Å². The number of hydrogen-bond donors (Lipinski definition) is 2. The van der Waals surface area contributed by atoms with Crippen LogP contribution >= 0.6 is 0 Å². The van der Waals surface area contributed by atoms with Crippen molar-refractivity contribution in [1.29, 1.82) is 0 Å². The molecule has 0 bridgehead atoms. The molecule has 1 aromatic carbocycles. The lowest BCUT2D eigenvalue weighted by Gasteiger charge is -2.12. The summed E-state index contributed by atoms with van der Waals surface area (Å²) in [7, 11) is 0. The highest BCUT2D eigenvalue weighted by molar-refractivity contribution is 6.05. The lowest BCUT2D eigenvalue weighted by Crippen LogP contribution is -2.30. The minimum Gasteiger partial charge on any atom is -0.350 e. The van der Waals surface area contributed by atoms with E-state index in [1.54, 1.807) is 6.07 Å². The third kappa shape index (κ3) is 4.16. The van der Waals surface area contributed by atoms with E-state index in [0.29, 0.717) is 5.56 Å². The molecule has 0 aliphatic heterocycles. The standard InChI is InChI=1S/C18H21N3O2/c1-11(2)20-17(22)14-8-9-19-15(10-14)18(23)21-16-12(3)6-5-7-13(16)4/h5-11H,1-4H3,(H,20,22)(H,21,23). The second-order valence-electron chi connectivity index (χ2n) is 5.78. The van der Waals surface area contributed by atoms with Crippen molar-refractivity contribution in [3.63, 3.8) is 0 Å². The van der Waals surface area contributed by atoms with Gasteiger partial charge in [-0.15, -0.1) is 0 Å². The van der Waals surface area contributed by atoms with Crippen molar-refractivity contribution < 1.29 is 9.59 Å². The first kappa shape index (κ1) is 16.7. The molecule has 2 N–H and O–H groups in total. The van der Waals surface area contributed by atoms with Crippen LogP contribution in [0.2, 0.25) is 0 Å². The van der Waals surface area contributed by atoms with Crippen molar-refractivity contribution >= 4 is 17.5 Å². The molecule has 2 amide bonds. The summed E-state index contributed by atoms with van der Waals surface area (Å²) in [6.45, 7) is 7.63. The van der Waals surface area contributed by atoms with Gasteiger partial charge in [-0.05, 0) is 51.0 Å². The molecule has 23 heavy (non-hydrogen) atoms. The maximum absolute atomic E-state index is 12.4. The maximum atomic E-state index is 12.4. The van der Waals surface area contributed by atoms with Gasteiger partial charge in [0.25, 0.3) is 11.8 Å². The highest BCUT2D eigenvalue weighted by atomic mass is 16.2. The molecule has 0 saturated heterocycles. The topological polar surface area (TPSA) is 71.1 Å². The molecule has 0 unspecified atom stereocenters. The Kier molecular flexibility index (Phi) is 5.11. The minimum atomic E-state index is -0.332. The Hall–Kier alpha value is -2.69. The van der Waals surface area contributed by atoms with Gasteiger partial charge in [0.05, 0.1) is 0 Å². The van der Waals surface area contributed by atoms with Gasteiger partial charge in [-0.2, -0.15) is 0 Å². The van der Waals surface area contributed by atoms with E-state index in [1.165, 1.54) is 12.3 Å². The molecule has 5 heteroatoms. The van der Waals surface area contributed by atoms with Crippen molar-refractivity contribution in [2.75, 3.05) is 5.32 Å². The fraction of sp³-hybridized carbons (Fsp3) is 0.278. The first-order chi connectivity index (χ1) is 10.9. The molecular formula is C18H21N3O2. The van der Waals surface area contributed by atoms with E-state index in [4.69, 9.17) is 0 Å². The molecule has 0 fully saturated rings. The van der Waals surface area contributed by atoms with Crippen molar-refractivity contribution in [1.82, 2.24) is 10.3 Å². The zero-order valence-corrected chi connectivity index (χ0v) is 13.8. The van der Waals surface area contributed by atoms with Crippen LogP contribution in [0.5, 0.6) is 0 Å². The lowest BCUT2D eigenvalue weighted by atomic mass is 10.1. The smallest absolute Gasteiger partial charge is 0.274 e. The normalized spacial score (nSPS) is 10.5. The predicted octanol–water partition coefficient (Wildman–Crippen LogP) is 3.09. The van der Waals surface area contributed by atoms with Crippen LogP contribution in [0.3, 0.4) is 0 Å². The number of pyridine rings is 1. The zero-order chi connectivity index (χ0) is 17.0. The summed E-state index contributed by atoms with van der Waals surface area (Å²) in [5.41, 5.74) is 3.36. The average Bonchev–Trinajstić information content (AvgIpc) is 2.50. The average molecular weight is 311 g/mol. The molecule has 1 aromatic heterocycles. The Morgan fingerprint density at radius 3 is 2.30 bits per heavy atom. The summed E-state index contributed by atoms with van der Waals surface area (Å²) in [5.74, 6) is -0.551. The molecule has 0 radical (unpaired) electrons. The number of rotatable bonds is 4. The van der Waals surface area contributed by atoms with Crippen LogP contribution in [0.25, 0.3) is 0 Å². The van der Waals surface area contributed by atoms with Crippen molar-refractivity contribution in [2.24, 2.45) is 0 Å². The number of nitrogens with one attached hydrogen (secondary N) is 2. The Morgan fingerprint density at radius 1 is 1.04 bits per heavy atom. The number of amides is 2. The molecule has 120 valence electrons. The Labute approximate surface area is 136 Å². The molecular weight excluding hydrogens is 290 g/mol. The van der Waals surface area contributed by atoms with E-state index in [1.807, 2.05) is 45.9 Å². The third-order valence-electron chi connectivity index (χ3n) is 3.39. The molecule has 0 atom stereocenters. The van der Waals surface area contributed by atoms with Crippen molar-refractivity contribution in [3.05, 3.63) is 58.9 Å². The van der Waals surface area contributed by atoms with E-state index < -0.39 is 0 Å². The number of benzene rings is 1. The van der Waals surface area contributed by atoms with Crippen LogP contribution in [0.1, 0.15) is 45.8 Å². The van der Waals surface area contributed by atoms with E-state index in [0.717, 1.165) is 16.8 Å². The van der Waals surface area contributed by atoms with Crippen molar-refractivity contribution in [2.45, 2.75) is 33.7 Å². The van der Waals surface area contributed by atoms with Gasteiger partial charge in [0.1, 0.15) is 5.69 Å². The summed E-state index contributed by atoms with van der Waals surface area (Å²) in [4.78, 5) is 28.5. The quantitative estimate of drug-likeness (QED) is 0.911. The molecule has 0 aliphatic rings. The fourth-order valence-electron chi connectivity index (χ4n) is 2.23. The van der Waals surface area contributed by atoms with E-state index in [-0.39, 0.29) is 23.6 Å². The van der Waals surface area contributed by atoms with Gasteiger partial charge in [0, 0.05) is 23.5 Å². The number of carbonyl (C=O) groups is 2. The van der Waals surface area contributed by atoms with Gasteiger partial charge in [-0.1, -0.05) is 18.2 Å². The first-order valence-electron chi connectivity index (χ1n) is 7.53. The molecule has 2 aromatic rings. The second-order valence-corrected chi connectivity index (χ2v) is 5.78. The zero-order valence-electron chi connectivity index (χ0n) is 13.8. The summed E-state index contributed by atoms with van der Waals surface area (Å²) >= 11 is 0. The summed E-state index contributed by atoms with van der Waals surface area (Å²) in [6, 6.07) is 8.93. The predicted molar refractivity (Wildman–Crippen MR) is 90.7 cm³/mol. The van der Waals surface area contributed by atoms with Gasteiger partial charge in [0.15, 0.2) is 0 Å². The molecule has 2 rings (SSSR count). The van der Waals surface area contributed by atoms with Crippen LogP contribution in [-0.2, 0) is 0 Å². The number of nitrogens with zero attached hydrogens (tertiary/aromatic N) is 1. The van der Waals surface area contributed by atoms with Crippen LogP contribution in [0.15, 0.2) is 36.5 Å². The number of aryl methyl sites for hydroxylation is 2. The Morgan fingerprint density at radius 2 is 1.70 bits per heavy atom. The van der Waals surface area contributed by atoms with Gasteiger partial charge in [0.2, 0.25) is 0 Å². The largest absolute Gasteiger partial charge is 0.350 e. The van der Waals surface area contributed by atoms with Crippen LogP contribution in [-0.4, -0.2) is 22.8 Å². The Bertz CT molecular complexity index is 719. The molecule has 5 nitrogen and oxygen atoms in total. The first-order valence-corrected chi connectivity index (χ1v) is 7.53. The number of para-hydroxylation sites is 1. The number of hydrogen-bond acceptors (Lipinski definition) is 3. The number of carbonyl (C=O) groups excluding carboxylic acids is 2.